The molecule has 19 heavy (non-hydrogen) atoms. The van der Waals surface area contributed by atoms with Crippen LogP contribution in [0, 0.1) is 12.7 Å². The Morgan fingerprint density at radius 1 is 1.16 bits per heavy atom. The van der Waals surface area contributed by atoms with Crippen molar-refractivity contribution in [3.05, 3.63) is 63.4 Å². The van der Waals surface area contributed by atoms with Crippen LogP contribution in [0.1, 0.15) is 21.5 Å². The average Bonchev–Trinajstić information content (AvgIpc) is 2.37. The van der Waals surface area contributed by atoms with E-state index in [0.29, 0.717) is 15.8 Å². The highest BCUT2D eigenvalue weighted by molar-refractivity contribution is 9.10. The van der Waals surface area contributed by atoms with E-state index in [9.17, 15) is 9.18 Å². The Labute approximate surface area is 119 Å². The van der Waals surface area contributed by atoms with Crippen LogP contribution in [-0.4, -0.2) is 12.9 Å². The van der Waals surface area contributed by atoms with Gasteiger partial charge in [-0.2, -0.15) is 0 Å². The first-order valence-electron chi connectivity index (χ1n) is 5.67. The van der Waals surface area contributed by atoms with Crippen molar-refractivity contribution in [3.63, 3.8) is 0 Å². The Bertz CT molecular complexity index is 638. The summed E-state index contributed by atoms with van der Waals surface area (Å²) in [6.45, 7) is 1.78. The fraction of sp³-hybridized carbons (Fsp3) is 0.133. The van der Waals surface area contributed by atoms with Gasteiger partial charge in [0.15, 0.2) is 5.78 Å². The predicted octanol–water partition coefficient (Wildman–Crippen LogP) is 4.14. The quantitative estimate of drug-likeness (QED) is 0.794. The number of ketones is 1. The summed E-state index contributed by atoms with van der Waals surface area (Å²) in [5.74, 6) is -0.229. The van der Waals surface area contributed by atoms with E-state index in [2.05, 4.69) is 15.9 Å². The zero-order chi connectivity index (χ0) is 14.0. The molecule has 0 saturated carbocycles. The van der Waals surface area contributed by atoms with E-state index in [-0.39, 0.29) is 11.3 Å². The molecule has 0 heterocycles. The number of aryl methyl sites for hydroxylation is 1. The van der Waals surface area contributed by atoms with Gasteiger partial charge in [-0.1, -0.05) is 6.07 Å². The molecule has 0 saturated heterocycles. The molecule has 0 aliphatic heterocycles. The van der Waals surface area contributed by atoms with Gasteiger partial charge in [0.25, 0.3) is 0 Å². The first-order valence-corrected chi connectivity index (χ1v) is 6.46. The van der Waals surface area contributed by atoms with E-state index in [1.165, 1.54) is 12.1 Å². The van der Waals surface area contributed by atoms with Crippen LogP contribution in [0.3, 0.4) is 0 Å². The SMILES string of the molecule is COc1ccc(C(=O)c2ccc(C)cc2F)c(Br)c1. The smallest absolute Gasteiger partial charge is 0.197 e. The lowest BCUT2D eigenvalue weighted by Crippen LogP contribution is -2.05. The van der Waals surface area contributed by atoms with Crippen LogP contribution in [0.4, 0.5) is 4.39 Å². The van der Waals surface area contributed by atoms with Gasteiger partial charge in [-0.3, -0.25) is 4.79 Å². The van der Waals surface area contributed by atoms with Gasteiger partial charge < -0.3 is 4.74 Å². The van der Waals surface area contributed by atoms with Gasteiger partial charge in [0.05, 0.1) is 12.7 Å². The van der Waals surface area contributed by atoms with Gasteiger partial charge in [0.2, 0.25) is 0 Å². The van der Waals surface area contributed by atoms with Crippen molar-refractivity contribution in [3.8, 4) is 5.75 Å². The molecule has 0 fully saturated rings. The number of rotatable bonds is 3. The van der Waals surface area contributed by atoms with Crippen LogP contribution >= 0.6 is 15.9 Å². The third-order valence-corrected chi connectivity index (χ3v) is 3.45. The Balaban J connectivity index is 2.44. The van der Waals surface area contributed by atoms with Crippen LogP contribution < -0.4 is 4.74 Å². The van der Waals surface area contributed by atoms with Crippen molar-refractivity contribution >= 4 is 21.7 Å². The summed E-state index contributed by atoms with van der Waals surface area (Å²) in [5, 5.41) is 0. The number of benzene rings is 2. The first-order chi connectivity index (χ1) is 9.02. The zero-order valence-electron chi connectivity index (χ0n) is 10.5. The van der Waals surface area contributed by atoms with Crippen LogP contribution in [0.2, 0.25) is 0 Å². The summed E-state index contributed by atoms with van der Waals surface area (Å²) in [5.41, 5.74) is 1.25. The van der Waals surface area contributed by atoms with Crippen molar-refractivity contribution in [1.82, 2.24) is 0 Å². The Hall–Kier alpha value is -1.68. The maximum Gasteiger partial charge on any atom is 0.197 e. The summed E-state index contributed by atoms with van der Waals surface area (Å²) >= 11 is 3.30. The molecule has 98 valence electrons. The van der Waals surface area contributed by atoms with Crippen molar-refractivity contribution in [2.45, 2.75) is 6.92 Å². The number of ether oxygens (including phenoxy) is 1. The topological polar surface area (TPSA) is 26.3 Å². The highest BCUT2D eigenvalue weighted by Gasteiger charge is 2.17. The number of hydrogen-bond acceptors (Lipinski definition) is 2. The normalized spacial score (nSPS) is 10.3. The molecule has 0 bridgehead atoms. The third-order valence-electron chi connectivity index (χ3n) is 2.79. The van der Waals surface area contributed by atoms with Crippen molar-refractivity contribution in [2.24, 2.45) is 0 Å². The maximum atomic E-state index is 13.8. The summed E-state index contributed by atoms with van der Waals surface area (Å²) in [4.78, 5) is 12.3. The minimum Gasteiger partial charge on any atom is -0.497 e. The predicted molar refractivity (Wildman–Crippen MR) is 75.3 cm³/mol. The van der Waals surface area contributed by atoms with E-state index in [1.54, 1.807) is 38.3 Å². The van der Waals surface area contributed by atoms with Crippen LogP contribution in [-0.2, 0) is 0 Å². The summed E-state index contributed by atoms with van der Waals surface area (Å²) in [6, 6.07) is 9.54. The van der Waals surface area contributed by atoms with Gasteiger partial charge in [-0.15, -0.1) is 0 Å². The van der Waals surface area contributed by atoms with Crippen LogP contribution in [0.5, 0.6) is 5.75 Å². The number of methoxy groups -OCH3 is 1. The van der Waals surface area contributed by atoms with E-state index < -0.39 is 5.82 Å². The van der Waals surface area contributed by atoms with E-state index in [4.69, 9.17) is 4.74 Å². The molecule has 0 spiro atoms. The summed E-state index contributed by atoms with van der Waals surface area (Å²) < 4.78 is 19.4. The van der Waals surface area contributed by atoms with Crippen molar-refractivity contribution in [2.75, 3.05) is 7.11 Å². The minimum absolute atomic E-state index is 0.0662. The van der Waals surface area contributed by atoms with E-state index in [1.807, 2.05) is 0 Å². The second-order valence-electron chi connectivity index (χ2n) is 4.16. The molecule has 0 N–H and O–H groups in total. The largest absolute Gasteiger partial charge is 0.497 e. The molecule has 0 unspecified atom stereocenters. The van der Waals surface area contributed by atoms with Crippen LogP contribution in [0.15, 0.2) is 40.9 Å². The molecule has 2 nitrogen and oxygen atoms in total. The number of halogens is 2. The highest BCUT2D eigenvalue weighted by atomic mass is 79.9. The lowest BCUT2D eigenvalue weighted by Gasteiger charge is -2.07. The molecular weight excluding hydrogens is 311 g/mol. The molecular formula is C15H12BrFO2. The van der Waals surface area contributed by atoms with Gasteiger partial charge in [-0.25, -0.2) is 4.39 Å². The third kappa shape index (κ3) is 2.84. The molecule has 2 rings (SSSR count). The number of carbonyl (C=O) groups is 1. The van der Waals surface area contributed by atoms with E-state index >= 15 is 0 Å². The molecule has 4 heteroatoms. The lowest BCUT2D eigenvalue weighted by molar-refractivity contribution is 0.103. The summed E-state index contributed by atoms with van der Waals surface area (Å²) in [7, 11) is 1.54. The van der Waals surface area contributed by atoms with Crippen LogP contribution in [0.25, 0.3) is 0 Å². The standard InChI is InChI=1S/C15H12BrFO2/c1-9-3-5-12(14(17)7-9)15(18)11-6-4-10(19-2)8-13(11)16/h3-8H,1-2H3. The molecule has 2 aromatic carbocycles. The fourth-order valence-electron chi connectivity index (χ4n) is 1.76. The molecule has 0 aliphatic carbocycles. The molecule has 0 atom stereocenters. The second-order valence-corrected chi connectivity index (χ2v) is 5.01. The molecule has 0 aromatic heterocycles. The molecule has 0 radical (unpaired) electrons. The Morgan fingerprint density at radius 3 is 2.42 bits per heavy atom. The van der Waals surface area contributed by atoms with Gasteiger partial charge in [0, 0.05) is 10.0 Å². The fourth-order valence-corrected chi connectivity index (χ4v) is 2.29. The van der Waals surface area contributed by atoms with Gasteiger partial charge in [-0.05, 0) is 58.7 Å². The van der Waals surface area contributed by atoms with Gasteiger partial charge in [0.1, 0.15) is 11.6 Å². The zero-order valence-corrected chi connectivity index (χ0v) is 12.1. The first kappa shape index (κ1) is 13.7. The number of hydrogen-bond donors (Lipinski definition) is 0. The lowest BCUT2D eigenvalue weighted by atomic mass is 10.0. The van der Waals surface area contributed by atoms with Crippen molar-refractivity contribution in [1.29, 1.82) is 0 Å². The van der Waals surface area contributed by atoms with Crippen molar-refractivity contribution < 1.29 is 13.9 Å². The monoisotopic (exact) mass is 322 g/mol. The summed E-state index contributed by atoms with van der Waals surface area (Å²) in [6.07, 6.45) is 0. The van der Waals surface area contributed by atoms with Gasteiger partial charge >= 0.3 is 0 Å². The molecule has 2 aromatic rings. The number of carbonyl (C=O) groups excluding carboxylic acids is 1. The van der Waals surface area contributed by atoms with E-state index in [0.717, 1.165) is 5.56 Å². The average molecular weight is 323 g/mol. The molecule has 0 aliphatic rings. The Morgan fingerprint density at radius 2 is 1.84 bits per heavy atom. The Kier molecular flexibility index (Phi) is 4.00. The molecule has 0 amide bonds. The maximum absolute atomic E-state index is 13.8. The minimum atomic E-state index is -0.507. The highest BCUT2D eigenvalue weighted by Crippen LogP contribution is 2.26. The second kappa shape index (κ2) is 5.53.